The molecule has 1 unspecified atom stereocenters. The Bertz CT molecular complexity index is 68.6. The Kier molecular flexibility index (Phi) is 6.91. The Morgan fingerprint density at radius 1 is 1.30 bits per heavy atom. The van der Waals surface area contributed by atoms with Gasteiger partial charge in [0.2, 0.25) is 0 Å². The van der Waals surface area contributed by atoms with E-state index >= 15 is 0 Å². The first-order chi connectivity index (χ1) is 4.81. The molecule has 0 heterocycles. The summed E-state index contributed by atoms with van der Waals surface area (Å²) in [5.41, 5.74) is 0. The van der Waals surface area contributed by atoms with Crippen LogP contribution in [0.1, 0.15) is 19.8 Å². The Hall–Kier alpha value is -0.120. The standard InChI is InChI=1S/C7H17NO2/c1-7(6-10)8-4-2-3-5-9/h7-10H,2-6H2,1H3. The fourth-order valence-corrected chi connectivity index (χ4v) is 0.650. The summed E-state index contributed by atoms with van der Waals surface area (Å²) in [6.45, 7) is 3.25. The molecular weight excluding hydrogens is 130 g/mol. The van der Waals surface area contributed by atoms with Crippen molar-refractivity contribution in [3.8, 4) is 0 Å². The lowest BCUT2D eigenvalue weighted by Crippen LogP contribution is -2.30. The predicted molar refractivity (Wildman–Crippen MR) is 40.9 cm³/mol. The van der Waals surface area contributed by atoms with Crippen LogP contribution in [-0.4, -0.2) is 36.0 Å². The molecule has 0 aliphatic heterocycles. The summed E-state index contributed by atoms with van der Waals surface area (Å²) in [6, 6.07) is 0.179. The van der Waals surface area contributed by atoms with Gasteiger partial charge in [0.1, 0.15) is 0 Å². The van der Waals surface area contributed by atoms with Gasteiger partial charge in [-0.1, -0.05) is 0 Å². The minimum absolute atomic E-state index is 0.179. The van der Waals surface area contributed by atoms with E-state index in [2.05, 4.69) is 5.32 Å². The topological polar surface area (TPSA) is 52.5 Å². The molecule has 0 aromatic carbocycles. The molecule has 0 fully saturated rings. The van der Waals surface area contributed by atoms with Crippen molar-refractivity contribution in [3.63, 3.8) is 0 Å². The van der Waals surface area contributed by atoms with Crippen LogP contribution in [0.2, 0.25) is 0 Å². The summed E-state index contributed by atoms with van der Waals surface area (Å²) in [7, 11) is 0. The third kappa shape index (κ3) is 6.01. The summed E-state index contributed by atoms with van der Waals surface area (Å²) in [6.07, 6.45) is 1.81. The van der Waals surface area contributed by atoms with Gasteiger partial charge in [-0.15, -0.1) is 0 Å². The van der Waals surface area contributed by atoms with Gasteiger partial charge in [0.25, 0.3) is 0 Å². The highest BCUT2D eigenvalue weighted by molar-refractivity contribution is 4.56. The molecule has 0 aromatic heterocycles. The number of hydrogen-bond acceptors (Lipinski definition) is 3. The third-order valence-corrected chi connectivity index (χ3v) is 1.35. The van der Waals surface area contributed by atoms with Crippen LogP contribution in [0.3, 0.4) is 0 Å². The number of aliphatic hydroxyl groups excluding tert-OH is 2. The van der Waals surface area contributed by atoms with Crippen LogP contribution in [0.25, 0.3) is 0 Å². The number of unbranched alkanes of at least 4 members (excludes halogenated alkanes) is 1. The summed E-state index contributed by atoms with van der Waals surface area (Å²) in [5, 5.41) is 20.1. The fraction of sp³-hybridized carbons (Fsp3) is 1.00. The molecule has 0 aliphatic rings. The molecule has 0 saturated heterocycles. The van der Waals surface area contributed by atoms with Crippen LogP contribution < -0.4 is 5.32 Å². The molecule has 1 atom stereocenters. The lowest BCUT2D eigenvalue weighted by molar-refractivity contribution is 0.247. The van der Waals surface area contributed by atoms with Gasteiger partial charge in [0, 0.05) is 12.6 Å². The molecule has 10 heavy (non-hydrogen) atoms. The number of nitrogens with one attached hydrogen (secondary N) is 1. The largest absolute Gasteiger partial charge is 0.396 e. The molecule has 0 spiro atoms. The Balaban J connectivity index is 2.89. The van der Waals surface area contributed by atoms with Crippen LogP contribution in [-0.2, 0) is 0 Å². The molecule has 3 nitrogen and oxygen atoms in total. The lowest BCUT2D eigenvalue weighted by Gasteiger charge is -2.08. The van der Waals surface area contributed by atoms with E-state index in [0.717, 1.165) is 19.4 Å². The molecule has 0 amide bonds. The second-order valence-corrected chi connectivity index (χ2v) is 2.47. The number of aliphatic hydroxyl groups is 2. The van der Waals surface area contributed by atoms with E-state index in [9.17, 15) is 0 Å². The van der Waals surface area contributed by atoms with Crippen molar-refractivity contribution in [3.05, 3.63) is 0 Å². The first-order valence-electron chi connectivity index (χ1n) is 3.76. The highest BCUT2D eigenvalue weighted by Gasteiger charge is 1.95. The van der Waals surface area contributed by atoms with E-state index in [4.69, 9.17) is 10.2 Å². The van der Waals surface area contributed by atoms with Crippen LogP contribution in [0, 0.1) is 0 Å². The van der Waals surface area contributed by atoms with Gasteiger partial charge >= 0.3 is 0 Å². The minimum atomic E-state index is 0.179. The average molecular weight is 147 g/mol. The SMILES string of the molecule is CC(CO)NCCCCO. The van der Waals surface area contributed by atoms with Crippen LogP contribution >= 0.6 is 0 Å². The number of rotatable bonds is 6. The predicted octanol–water partition coefficient (Wildman–Crippen LogP) is -0.271. The van der Waals surface area contributed by atoms with Crippen molar-refractivity contribution in [1.29, 1.82) is 0 Å². The maximum Gasteiger partial charge on any atom is 0.0581 e. The first-order valence-corrected chi connectivity index (χ1v) is 3.76. The molecule has 3 heteroatoms. The Morgan fingerprint density at radius 2 is 2.00 bits per heavy atom. The van der Waals surface area contributed by atoms with E-state index in [1.807, 2.05) is 6.92 Å². The van der Waals surface area contributed by atoms with Gasteiger partial charge in [0.15, 0.2) is 0 Å². The van der Waals surface area contributed by atoms with Crippen LogP contribution in [0.15, 0.2) is 0 Å². The van der Waals surface area contributed by atoms with Crippen molar-refractivity contribution >= 4 is 0 Å². The van der Waals surface area contributed by atoms with Gasteiger partial charge in [0.05, 0.1) is 6.61 Å². The second kappa shape index (κ2) is 6.99. The zero-order valence-electron chi connectivity index (χ0n) is 6.51. The fourth-order valence-electron chi connectivity index (χ4n) is 0.650. The normalized spacial score (nSPS) is 13.5. The minimum Gasteiger partial charge on any atom is -0.396 e. The van der Waals surface area contributed by atoms with E-state index in [-0.39, 0.29) is 19.3 Å². The molecule has 0 radical (unpaired) electrons. The van der Waals surface area contributed by atoms with Crippen molar-refractivity contribution < 1.29 is 10.2 Å². The molecule has 62 valence electrons. The monoisotopic (exact) mass is 147 g/mol. The average Bonchev–Trinajstić information content (AvgIpc) is 1.98. The van der Waals surface area contributed by atoms with E-state index < -0.39 is 0 Å². The van der Waals surface area contributed by atoms with Gasteiger partial charge in [-0.05, 0) is 26.3 Å². The summed E-state index contributed by atoms with van der Waals surface area (Å²) < 4.78 is 0. The van der Waals surface area contributed by atoms with E-state index in [0.29, 0.717) is 0 Å². The molecule has 0 rings (SSSR count). The third-order valence-electron chi connectivity index (χ3n) is 1.35. The number of hydrogen-bond donors (Lipinski definition) is 3. The highest BCUT2D eigenvalue weighted by Crippen LogP contribution is 1.85. The van der Waals surface area contributed by atoms with Gasteiger partial charge < -0.3 is 15.5 Å². The molecule has 0 aliphatic carbocycles. The maximum absolute atomic E-state index is 8.58. The second-order valence-electron chi connectivity index (χ2n) is 2.47. The molecule has 3 N–H and O–H groups in total. The highest BCUT2D eigenvalue weighted by atomic mass is 16.3. The quantitative estimate of drug-likeness (QED) is 0.453. The zero-order chi connectivity index (χ0) is 7.82. The summed E-state index contributed by atoms with van der Waals surface area (Å²) >= 11 is 0. The maximum atomic E-state index is 8.58. The molecule has 0 bridgehead atoms. The smallest absolute Gasteiger partial charge is 0.0581 e. The van der Waals surface area contributed by atoms with Crippen LogP contribution in [0.5, 0.6) is 0 Å². The summed E-state index contributed by atoms with van der Waals surface area (Å²) in [4.78, 5) is 0. The molecular formula is C7H17NO2. The summed E-state index contributed by atoms with van der Waals surface area (Å²) in [5.74, 6) is 0. The first kappa shape index (κ1) is 9.88. The zero-order valence-corrected chi connectivity index (χ0v) is 6.51. The van der Waals surface area contributed by atoms with Crippen molar-refractivity contribution in [2.75, 3.05) is 19.8 Å². The Morgan fingerprint density at radius 3 is 2.50 bits per heavy atom. The van der Waals surface area contributed by atoms with E-state index in [1.54, 1.807) is 0 Å². The van der Waals surface area contributed by atoms with Crippen molar-refractivity contribution in [2.45, 2.75) is 25.8 Å². The van der Waals surface area contributed by atoms with E-state index in [1.165, 1.54) is 0 Å². The van der Waals surface area contributed by atoms with Gasteiger partial charge in [-0.3, -0.25) is 0 Å². The van der Waals surface area contributed by atoms with Crippen LogP contribution in [0.4, 0.5) is 0 Å². The molecule has 0 aromatic rings. The van der Waals surface area contributed by atoms with Crippen molar-refractivity contribution in [2.24, 2.45) is 0 Å². The van der Waals surface area contributed by atoms with Crippen molar-refractivity contribution in [1.82, 2.24) is 5.32 Å². The lowest BCUT2D eigenvalue weighted by atomic mass is 10.3. The molecule has 0 saturated carbocycles. The Labute approximate surface area is 62.1 Å². The van der Waals surface area contributed by atoms with Gasteiger partial charge in [-0.25, -0.2) is 0 Å². The van der Waals surface area contributed by atoms with Gasteiger partial charge in [-0.2, -0.15) is 0 Å².